The van der Waals surface area contributed by atoms with Gasteiger partial charge in [0.25, 0.3) is 0 Å². The molecule has 0 spiro atoms. The maximum atomic E-state index is 4.62. The molecule has 0 bridgehead atoms. The molecule has 0 atom stereocenters. The molecule has 0 aromatic carbocycles. The number of pyridine rings is 1. The molecule has 158 valence electrons. The lowest BCUT2D eigenvalue weighted by Gasteiger charge is -1.98. The van der Waals surface area contributed by atoms with Crippen LogP contribution in [0.2, 0.25) is 0 Å². The second-order valence-electron chi connectivity index (χ2n) is 7.32. The van der Waals surface area contributed by atoms with Crippen molar-refractivity contribution in [2.75, 3.05) is 0 Å². The molecule has 5 aromatic rings. The lowest BCUT2D eigenvalue weighted by molar-refractivity contribution is 0.670. The molecular weight excluding hydrogens is 526 g/mol. The summed E-state index contributed by atoms with van der Waals surface area (Å²) in [7, 11) is 0. The van der Waals surface area contributed by atoms with Crippen LogP contribution in [-0.4, -0.2) is 13.7 Å². The lowest BCUT2D eigenvalue weighted by atomic mass is 10.1. The summed E-state index contributed by atoms with van der Waals surface area (Å²) in [5.74, 6) is 0. The first kappa shape index (κ1) is 21.4. The Labute approximate surface area is 206 Å². The number of rotatable bonds is 8. The minimum atomic E-state index is 0.865. The molecule has 0 aliphatic carbocycles. The summed E-state index contributed by atoms with van der Waals surface area (Å²) in [4.78, 5) is 12.5. The van der Waals surface area contributed by atoms with Crippen molar-refractivity contribution < 1.29 is 0 Å². The SMILES string of the molecule is CCCCCCc1ccc(-c2ccc(-c3ccc(-c4ncc(Br)c5nsnc45)s3)s2)s1. The predicted molar refractivity (Wildman–Crippen MR) is 141 cm³/mol. The molecule has 5 rings (SSSR count). The van der Waals surface area contributed by atoms with Gasteiger partial charge in [-0.25, -0.2) is 0 Å². The molecule has 0 amide bonds. The molecule has 0 aliphatic rings. The Morgan fingerprint density at radius 3 is 2.16 bits per heavy atom. The molecule has 0 unspecified atom stereocenters. The van der Waals surface area contributed by atoms with E-state index in [0.717, 1.165) is 26.1 Å². The average Bonchev–Trinajstić information content (AvgIpc) is 3.57. The van der Waals surface area contributed by atoms with Crippen molar-refractivity contribution in [2.45, 2.75) is 39.0 Å². The molecule has 0 fully saturated rings. The van der Waals surface area contributed by atoms with Crippen LogP contribution in [0.5, 0.6) is 0 Å². The van der Waals surface area contributed by atoms with Gasteiger partial charge in [0.05, 0.1) is 21.1 Å². The highest BCUT2D eigenvalue weighted by Crippen LogP contribution is 2.42. The highest BCUT2D eigenvalue weighted by Gasteiger charge is 2.15. The fraction of sp³-hybridized carbons (Fsp3) is 0.261. The zero-order valence-electron chi connectivity index (χ0n) is 16.9. The number of aryl methyl sites for hydroxylation is 1. The van der Waals surface area contributed by atoms with Gasteiger partial charge in [-0.05, 0) is 65.2 Å². The van der Waals surface area contributed by atoms with E-state index >= 15 is 0 Å². The zero-order chi connectivity index (χ0) is 21.2. The van der Waals surface area contributed by atoms with Crippen LogP contribution in [0.25, 0.3) is 41.1 Å². The van der Waals surface area contributed by atoms with Crippen LogP contribution in [0.1, 0.15) is 37.5 Å². The third-order valence-electron chi connectivity index (χ3n) is 5.12. The Morgan fingerprint density at radius 1 is 0.742 bits per heavy atom. The summed E-state index contributed by atoms with van der Waals surface area (Å²) in [6.07, 6.45) is 8.30. The first-order valence-electron chi connectivity index (χ1n) is 10.3. The maximum Gasteiger partial charge on any atom is 0.133 e. The van der Waals surface area contributed by atoms with Crippen molar-refractivity contribution in [1.82, 2.24) is 13.7 Å². The summed E-state index contributed by atoms with van der Waals surface area (Å²) in [5, 5.41) is 0. The molecule has 8 heteroatoms. The summed E-state index contributed by atoms with van der Waals surface area (Å²) in [5.41, 5.74) is 2.65. The van der Waals surface area contributed by atoms with Crippen molar-refractivity contribution in [1.29, 1.82) is 0 Å². The van der Waals surface area contributed by atoms with E-state index in [9.17, 15) is 0 Å². The van der Waals surface area contributed by atoms with Crippen molar-refractivity contribution in [2.24, 2.45) is 0 Å². The van der Waals surface area contributed by atoms with E-state index < -0.39 is 0 Å². The monoisotopic (exact) mass is 545 g/mol. The van der Waals surface area contributed by atoms with E-state index in [1.165, 1.54) is 68.2 Å². The van der Waals surface area contributed by atoms with Crippen LogP contribution in [0.4, 0.5) is 0 Å². The Morgan fingerprint density at radius 2 is 1.39 bits per heavy atom. The van der Waals surface area contributed by atoms with Crippen LogP contribution >= 0.6 is 61.7 Å². The van der Waals surface area contributed by atoms with Gasteiger partial charge in [-0.15, -0.1) is 34.0 Å². The van der Waals surface area contributed by atoms with E-state index in [0.29, 0.717) is 0 Å². The zero-order valence-corrected chi connectivity index (χ0v) is 21.8. The molecule has 5 heterocycles. The van der Waals surface area contributed by atoms with Gasteiger partial charge in [-0.2, -0.15) is 8.75 Å². The van der Waals surface area contributed by atoms with Gasteiger partial charge < -0.3 is 0 Å². The number of hydrogen-bond acceptors (Lipinski definition) is 7. The largest absolute Gasteiger partial charge is 0.252 e. The maximum absolute atomic E-state index is 4.62. The smallest absolute Gasteiger partial charge is 0.133 e. The summed E-state index contributed by atoms with van der Waals surface area (Å²) < 4.78 is 9.74. The first-order chi connectivity index (χ1) is 15.2. The quantitative estimate of drug-likeness (QED) is 0.182. The number of aromatic nitrogens is 3. The molecule has 0 saturated heterocycles. The van der Waals surface area contributed by atoms with E-state index in [1.807, 2.05) is 28.9 Å². The fourth-order valence-corrected chi connectivity index (χ4v) is 7.79. The van der Waals surface area contributed by atoms with Crippen LogP contribution in [0, 0.1) is 0 Å². The third-order valence-corrected chi connectivity index (χ3v) is 9.94. The average molecular weight is 547 g/mol. The van der Waals surface area contributed by atoms with Crippen LogP contribution in [0.15, 0.2) is 47.1 Å². The first-order valence-corrected chi connectivity index (χ1v) is 14.3. The minimum Gasteiger partial charge on any atom is -0.252 e. The van der Waals surface area contributed by atoms with Gasteiger partial charge in [0.15, 0.2) is 0 Å². The van der Waals surface area contributed by atoms with Gasteiger partial charge in [0.1, 0.15) is 16.7 Å². The van der Waals surface area contributed by atoms with E-state index in [-0.39, 0.29) is 0 Å². The lowest BCUT2D eigenvalue weighted by Crippen LogP contribution is -1.83. The second-order valence-corrected chi connectivity index (χ2v) is 12.0. The Hall–Kier alpha value is -1.45. The Kier molecular flexibility index (Phi) is 6.62. The number of nitrogens with zero attached hydrogens (tertiary/aromatic N) is 3. The minimum absolute atomic E-state index is 0.865. The molecule has 0 aliphatic heterocycles. The summed E-state index contributed by atoms with van der Waals surface area (Å²) >= 11 is 10.3. The fourth-order valence-electron chi connectivity index (χ4n) is 3.50. The molecule has 0 saturated carbocycles. The standard InChI is InChI=1S/C23H20BrN3S4/c1-2-3-4-5-6-14-7-8-16(28-14)17-9-10-18(29-17)19-11-12-20(30-19)22-23-21(26-31-27-23)15(24)13-25-22/h7-13H,2-6H2,1H3. The molecule has 5 aromatic heterocycles. The third kappa shape index (κ3) is 4.54. The number of thiophene rings is 3. The topological polar surface area (TPSA) is 38.7 Å². The molecular formula is C23H20BrN3S4. The van der Waals surface area contributed by atoms with Crippen molar-refractivity contribution in [3.63, 3.8) is 0 Å². The van der Waals surface area contributed by atoms with E-state index in [2.05, 4.69) is 73.0 Å². The van der Waals surface area contributed by atoms with Crippen molar-refractivity contribution in [3.05, 3.63) is 51.9 Å². The molecule has 3 nitrogen and oxygen atoms in total. The van der Waals surface area contributed by atoms with Gasteiger partial charge in [0.2, 0.25) is 0 Å². The summed E-state index contributed by atoms with van der Waals surface area (Å²) in [6.45, 7) is 2.26. The Balaban J connectivity index is 1.35. The van der Waals surface area contributed by atoms with Gasteiger partial charge in [-0.1, -0.05) is 26.2 Å². The number of fused-ring (bicyclic) bond motifs is 1. The van der Waals surface area contributed by atoms with Crippen molar-refractivity contribution in [3.8, 4) is 30.1 Å². The predicted octanol–water partition coefficient (Wildman–Crippen LogP) is 9.16. The number of unbranched alkanes of at least 4 members (excludes halogenated alkanes) is 3. The highest BCUT2D eigenvalue weighted by atomic mass is 79.9. The molecule has 31 heavy (non-hydrogen) atoms. The van der Waals surface area contributed by atoms with Crippen molar-refractivity contribution >= 4 is 72.7 Å². The second kappa shape index (κ2) is 9.58. The molecule has 0 N–H and O–H groups in total. The van der Waals surface area contributed by atoms with Crippen LogP contribution in [-0.2, 0) is 6.42 Å². The summed E-state index contributed by atoms with van der Waals surface area (Å²) in [6, 6.07) is 13.4. The highest BCUT2D eigenvalue weighted by molar-refractivity contribution is 9.10. The van der Waals surface area contributed by atoms with Gasteiger partial charge in [-0.3, -0.25) is 4.98 Å². The van der Waals surface area contributed by atoms with Gasteiger partial charge in [0, 0.05) is 30.6 Å². The number of hydrogen-bond donors (Lipinski definition) is 0. The van der Waals surface area contributed by atoms with E-state index in [4.69, 9.17) is 0 Å². The normalized spacial score (nSPS) is 11.5. The molecule has 0 radical (unpaired) electrons. The Bertz CT molecular complexity index is 1310. The number of halogens is 1. The van der Waals surface area contributed by atoms with Crippen LogP contribution in [0.3, 0.4) is 0 Å². The van der Waals surface area contributed by atoms with Crippen LogP contribution < -0.4 is 0 Å². The van der Waals surface area contributed by atoms with E-state index in [1.54, 1.807) is 11.3 Å². The van der Waals surface area contributed by atoms with Gasteiger partial charge >= 0.3 is 0 Å².